The first-order valence-corrected chi connectivity index (χ1v) is 12.2. The molecule has 1 N–H and O–H groups in total. The molecule has 2 saturated heterocycles. The van der Waals surface area contributed by atoms with Crippen LogP contribution in [0.15, 0.2) is 59.5 Å². The number of morpholine rings is 1. The lowest BCUT2D eigenvalue weighted by atomic mass is 10.1. The first-order valence-electron chi connectivity index (χ1n) is 10.8. The smallest absolute Gasteiger partial charge is 0.243 e. The van der Waals surface area contributed by atoms with Gasteiger partial charge in [0, 0.05) is 32.7 Å². The van der Waals surface area contributed by atoms with Gasteiger partial charge in [-0.05, 0) is 36.1 Å². The number of rotatable bonds is 7. The lowest BCUT2D eigenvalue weighted by Crippen LogP contribution is -2.45. The summed E-state index contributed by atoms with van der Waals surface area (Å²) in [5.74, 6) is -0.241. The van der Waals surface area contributed by atoms with Crippen molar-refractivity contribution in [1.29, 1.82) is 0 Å². The summed E-state index contributed by atoms with van der Waals surface area (Å²) in [5, 5.41) is 2.92. The molecule has 2 aromatic carbocycles. The normalized spacial score (nSPS) is 20.6. The van der Waals surface area contributed by atoms with Gasteiger partial charge in [-0.25, -0.2) is 8.42 Å². The highest BCUT2D eigenvalue weighted by Gasteiger charge is 2.39. The van der Waals surface area contributed by atoms with E-state index < -0.39 is 16.1 Å². The summed E-state index contributed by atoms with van der Waals surface area (Å²) >= 11 is 0. The Balaban J connectivity index is 1.33. The van der Waals surface area contributed by atoms with E-state index in [1.165, 1.54) is 9.87 Å². The highest BCUT2D eigenvalue weighted by molar-refractivity contribution is 7.89. The van der Waals surface area contributed by atoms with Crippen LogP contribution >= 0.6 is 0 Å². The van der Waals surface area contributed by atoms with Crippen LogP contribution in [-0.2, 0) is 32.6 Å². The monoisotopic (exact) mass is 443 g/mol. The summed E-state index contributed by atoms with van der Waals surface area (Å²) in [6.07, 6.45) is 1.22. The lowest BCUT2D eigenvalue weighted by molar-refractivity contribution is -0.124. The quantitative estimate of drug-likeness (QED) is 0.708. The van der Waals surface area contributed by atoms with Crippen LogP contribution in [0.4, 0.5) is 0 Å². The van der Waals surface area contributed by atoms with Gasteiger partial charge in [0.25, 0.3) is 0 Å². The zero-order valence-corrected chi connectivity index (χ0v) is 18.4. The number of hydrogen-bond donors (Lipinski definition) is 1. The van der Waals surface area contributed by atoms with E-state index in [0.29, 0.717) is 25.9 Å². The summed E-state index contributed by atoms with van der Waals surface area (Å²) < 4.78 is 32.6. The summed E-state index contributed by atoms with van der Waals surface area (Å²) in [6.45, 7) is 5.09. The Kier molecular flexibility index (Phi) is 7.02. The maximum atomic E-state index is 13.0. The topological polar surface area (TPSA) is 79.0 Å². The van der Waals surface area contributed by atoms with Crippen molar-refractivity contribution in [3.8, 4) is 0 Å². The van der Waals surface area contributed by atoms with E-state index in [-0.39, 0.29) is 10.8 Å². The molecule has 0 radical (unpaired) electrons. The molecule has 1 amide bonds. The molecule has 0 bridgehead atoms. The zero-order chi connectivity index (χ0) is 21.7. The molecule has 31 heavy (non-hydrogen) atoms. The minimum atomic E-state index is -3.68. The average Bonchev–Trinajstić information content (AvgIpc) is 3.31. The first-order chi connectivity index (χ1) is 15.0. The summed E-state index contributed by atoms with van der Waals surface area (Å²) in [6, 6.07) is 15.8. The summed E-state index contributed by atoms with van der Waals surface area (Å²) in [4.78, 5) is 15.4. The molecule has 0 saturated carbocycles. The molecular weight excluding hydrogens is 414 g/mol. The lowest BCUT2D eigenvalue weighted by Gasteiger charge is -2.26. The standard InChI is InChI=1S/C23H29N3O4S/c27-23(22-7-4-12-26(22)31(28,29)21-5-2-1-3-6-21)24-17-19-8-10-20(11-9-19)18-25-13-15-30-16-14-25/h1-3,5-6,8-11,22H,4,7,12-18H2,(H,24,27)/t22-/m1/s1. The molecule has 7 nitrogen and oxygen atoms in total. The number of sulfonamides is 1. The fourth-order valence-corrected chi connectivity index (χ4v) is 5.78. The van der Waals surface area contributed by atoms with Crippen LogP contribution in [0.1, 0.15) is 24.0 Å². The van der Waals surface area contributed by atoms with Gasteiger partial charge in [0.1, 0.15) is 6.04 Å². The SMILES string of the molecule is O=C(NCc1ccc(CN2CCOCC2)cc1)[C@H]1CCCN1S(=O)(=O)c1ccccc1. The van der Waals surface area contributed by atoms with Crippen molar-refractivity contribution in [2.24, 2.45) is 0 Å². The number of nitrogens with one attached hydrogen (secondary N) is 1. The third kappa shape index (κ3) is 5.33. The number of ether oxygens (including phenoxy) is 1. The molecule has 2 heterocycles. The van der Waals surface area contributed by atoms with Crippen molar-refractivity contribution in [3.05, 3.63) is 65.7 Å². The molecule has 166 valence electrons. The molecule has 0 aliphatic carbocycles. The summed E-state index contributed by atoms with van der Waals surface area (Å²) in [5.41, 5.74) is 2.22. The van der Waals surface area contributed by atoms with Crippen molar-refractivity contribution in [2.75, 3.05) is 32.8 Å². The van der Waals surface area contributed by atoms with Gasteiger partial charge in [-0.1, -0.05) is 42.5 Å². The van der Waals surface area contributed by atoms with Crippen molar-refractivity contribution in [1.82, 2.24) is 14.5 Å². The van der Waals surface area contributed by atoms with Gasteiger partial charge in [0.2, 0.25) is 15.9 Å². The van der Waals surface area contributed by atoms with Gasteiger partial charge in [0.05, 0.1) is 18.1 Å². The minimum Gasteiger partial charge on any atom is -0.379 e. The fourth-order valence-electron chi connectivity index (χ4n) is 4.10. The molecular formula is C23H29N3O4S. The van der Waals surface area contributed by atoms with Gasteiger partial charge in [-0.15, -0.1) is 0 Å². The molecule has 2 aromatic rings. The van der Waals surface area contributed by atoms with Crippen LogP contribution in [0.25, 0.3) is 0 Å². The van der Waals surface area contributed by atoms with E-state index in [9.17, 15) is 13.2 Å². The molecule has 0 aromatic heterocycles. The Morgan fingerprint density at radius 2 is 1.65 bits per heavy atom. The Hall–Kier alpha value is -2.26. The zero-order valence-electron chi connectivity index (χ0n) is 17.6. The van der Waals surface area contributed by atoms with E-state index in [4.69, 9.17) is 4.74 Å². The molecule has 0 unspecified atom stereocenters. The fraction of sp³-hybridized carbons (Fsp3) is 0.435. The van der Waals surface area contributed by atoms with E-state index >= 15 is 0 Å². The molecule has 2 aliphatic heterocycles. The van der Waals surface area contributed by atoms with E-state index in [2.05, 4.69) is 22.3 Å². The van der Waals surface area contributed by atoms with E-state index in [1.54, 1.807) is 30.3 Å². The Labute approximate surface area is 184 Å². The largest absolute Gasteiger partial charge is 0.379 e. The first kappa shape index (κ1) is 22.0. The van der Waals surface area contributed by atoms with Crippen LogP contribution in [0, 0.1) is 0 Å². The van der Waals surface area contributed by atoms with Crippen molar-refractivity contribution < 1.29 is 17.9 Å². The third-order valence-electron chi connectivity index (χ3n) is 5.86. The molecule has 2 fully saturated rings. The molecule has 2 aliphatic rings. The summed E-state index contributed by atoms with van der Waals surface area (Å²) in [7, 11) is -3.68. The predicted octanol–water partition coefficient (Wildman–Crippen LogP) is 1.99. The highest BCUT2D eigenvalue weighted by Crippen LogP contribution is 2.26. The van der Waals surface area contributed by atoms with Gasteiger partial charge >= 0.3 is 0 Å². The van der Waals surface area contributed by atoms with Crippen molar-refractivity contribution >= 4 is 15.9 Å². The number of carbonyl (C=O) groups is 1. The van der Waals surface area contributed by atoms with Crippen LogP contribution in [0.3, 0.4) is 0 Å². The third-order valence-corrected chi connectivity index (χ3v) is 7.78. The second kappa shape index (κ2) is 9.91. The number of hydrogen-bond acceptors (Lipinski definition) is 5. The second-order valence-electron chi connectivity index (χ2n) is 8.01. The van der Waals surface area contributed by atoms with E-state index in [1.807, 2.05) is 12.1 Å². The van der Waals surface area contributed by atoms with E-state index in [0.717, 1.165) is 38.4 Å². The van der Waals surface area contributed by atoms with Crippen LogP contribution in [0.5, 0.6) is 0 Å². The minimum absolute atomic E-state index is 0.227. The number of nitrogens with zero attached hydrogens (tertiary/aromatic N) is 2. The van der Waals surface area contributed by atoms with Crippen LogP contribution in [-0.4, -0.2) is 62.4 Å². The maximum Gasteiger partial charge on any atom is 0.243 e. The second-order valence-corrected chi connectivity index (χ2v) is 9.90. The maximum absolute atomic E-state index is 13.0. The Bertz CT molecular complexity index is 974. The number of benzene rings is 2. The molecule has 8 heteroatoms. The van der Waals surface area contributed by atoms with Gasteiger partial charge in [-0.3, -0.25) is 9.69 Å². The average molecular weight is 444 g/mol. The van der Waals surface area contributed by atoms with Gasteiger partial charge in [0.15, 0.2) is 0 Å². The number of carbonyl (C=O) groups excluding carboxylic acids is 1. The van der Waals surface area contributed by atoms with Crippen LogP contribution < -0.4 is 5.32 Å². The van der Waals surface area contributed by atoms with Crippen molar-refractivity contribution in [2.45, 2.75) is 36.9 Å². The van der Waals surface area contributed by atoms with Gasteiger partial charge < -0.3 is 10.1 Å². The van der Waals surface area contributed by atoms with Crippen LogP contribution in [0.2, 0.25) is 0 Å². The highest BCUT2D eigenvalue weighted by atomic mass is 32.2. The Morgan fingerprint density at radius 3 is 2.35 bits per heavy atom. The molecule has 4 rings (SSSR count). The molecule has 0 spiro atoms. The predicted molar refractivity (Wildman–Crippen MR) is 118 cm³/mol. The van der Waals surface area contributed by atoms with Gasteiger partial charge in [-0.2, -0.15) is 4.31 Å². The van der Waals surface area contributed by atoms with Crippen molar-refractivity contribution in [3.63, 3.8) is 0 Å². The number of amides is 1. The molecule has 1 atom stereocenters. The Morgan fingerprint density at radius 1 is 0.968 bits per heavy atom.